The van der Waals surface area contributed by atoms with Crippen LogP contribution in [0.2, 0.25) is 0 Å². The first-order valence-electron chi connectivity index (χ1n) is 6.28. The molecule has 1 fully saturated rings. The molecule has 1 aromatic rings. The molecule has 1 amide bonds. The molecule has 2 N–H and O–H groups in total. The third-order valence-electron chi connectivity index (χ3n) is 3.21. The first kappa shape index (κ1) is 12.7. The molecule has 0 aliphatic heterocycles. The third kappa shape index (κ3) is 3.15. The highest BCUT2D eigenvalue weighted by molar-refractivity contribution is 5.97. The predicted molar refractivity (Wildman–Crippen MR) is 68.9 cm³/mol. The summed E-state index contributed by atoms with van der Waals surface area (Å²) in [5, 5.41) is 12.6. The SMILES string of the molecule is COc1ccc(O)c(C(=O)NC(C)CC2CC2)c1. The van der Waals surface area contributed by atoms with Crippen LogP contribution in [0.15, 0.2) is 18.2 Å². The minimum absolute atomic E-state index is 0.0214. The Morgan fingerprint density at radius 2 is 2.28 bits per heavy atom. The topological polar surface area (TPSA) is 58.6 Å². The molecule has 0 saturated heterocycles. The number of aromatic hydroxyl groups is 1. The fourth-order valence-corrected chi connectivity index (χ4v) is 2.04. The number of carbonyl (C=O) groups is 1. The predicted octanol–water partition coefficient (Wildman–Crippen LogP) is 2.32. The number of carbonyl (C=O) groups excluding carboxylic acids is 1. The average Bonchev–Trinajstić information content (AvgIpc) is 3.13. The second kappa shape index (κ2) is 5.29. The zero-order chi connectivity index (χ0) is 13.1. The van der Waals surface area contributed by atoms with Gasteiger partial charge in [0.2, 0.25) is 0 Å². The van der Waals surface area contributed by atoms with Crippen molar-refractivity contribution in [3.05, 3.63) is 23.8 Å². The van der Waals surface area contributed by atoms with Crippen molar-refractivity contribution in [2.45, 2.75) is 32.2 Å². The van der Waals surface area contributed by atoms with Gasteiger partial charge >= 0.3 is 0 Å². The van der Waals surface area contributed by atoms with Crippen LogP contribution in [0.3, 0.4) is 0 Å². The van der Waals surface area contributed by atoms with Crippen molar-refractivity contribution in [1.29, 1.82) is 0 Å². The van der Waals surface area contributed by atoms with E-state index in [1.165, 1.54) is 26.0 Å². The molecule has 4 heteroatoms. The van der Waals surface area contributed by atoms with E-state index in [9.17, 15) is 9.90 Å². The molecular formula is C14H19NO3. The number of ether oxygens (including phenoxy) is 1. The van der Waals surface area contributed by atoms with Crippen LogP contribution in [0.5, 0.6) is 11.5 Å². The van der Waals surface area contributed by atoms with Crippen LogP contribution in [-0.4, -0.2) is 24.2 Å². The molecule has 0 heterocycles. The number of amides is 1. The molecule has 1 atom stereocenters. The van der Waals surface area contributed by atoms with Gasteiger partial charge in [-0.2, -0.15) is 0 Å². The van der Waals surface area contributed by atoms with Crippen molar-refractivity contribution in [1.82, 2.24) is 5.32 Å². The van der Waals surface area contributed by atoms with E-state index in [1.54, 1.807) is 12.1 Å². The van der Waals surface area contributed by atoms with Crippen LogP contribution >= 0.6 is 0 Å². The van der Waals surface area contributed by atoms with Crippen LogP contribution in [0.4, 0.5) is 0 Å². The van der Waals surface area contributed by atoms with E-state index < -0.39 is 0 Å². The zero-order valence-electron chi connectivity index (χ0n) is 10.8. The molecule has 98 valence electrons. The molecule has 18 heavy (non-hydrogen) atoms. The van der Waals surface area contributed by atoms with Gasteiger partial charge < -0.3 is 15.2 Å². The van der Waals surface area contributed by atoms with Crippen LogP contribution in [-0.2, 0) is 0 Å². The fourth-order valence-electron chi connectivity index (χ4n) is 2.04. The van der Waals surface area contributed by atoms with Crippen molar-refractivity contribution in [2.75, 3.05) is 7.11 Å². The lowest BCUT2D eigenvalue weighted by Crippen LogP contribution is -2.32. The summed E-state index contributed by atoms with van der Waals surface area (Å²) in [6.07, 6.45) is 3.55. The Morgan fingerprint density at radius 3 is 2.89 bits per heavy atom. The van der Waals surface area contributed by atoms with E-state index in [0.717, 1.165) is 12.3 Å². The van der Waals surface area contributed by atoms with Crippen molar-refractivity contribution < 1.29 is 14.6 Å². The summed E-state index contributed by atoms with van der Waals surface area (Å²) in [7, 11) is 1.53. The molecule has 1 saturated carbocycles. The lowest BCUT2D eigenvalue weighted by molar-refractivity contribution is 0.0934. The van der Waals surface area contributed by atoms with E-state index in [2.05, 4.69) is 5.32 Å². The Labute approximate surface area is 107 Å². The number of methoxy groups -OCH3 is 1. The molecular weight excluding hydrogens is 230 g/mol. The van der Waals surface area contributed by atoms with E-state index in [-0.39, 0.29) is 23.3 Å². The maximum atomic E-state index is 12.0. The number of phenols is 1. The minimum atomic E-state index is -0.250. The Balaban J connectivity index is 2.02. The lowest BCUT2D eigenvalue weighted by Gasteiger charge is -2.14. The molecule has 1 aliphatic carbocycles. The average molecular weight is 249 g/mol. The second-order valence-electron chi connectivity index (χ2n) is 4.94. The summed E-state index contributed by atoms with van der Waals surface area (Å²) in [5.74, 6) is 1.05. The van der Waals surface area contributed by atoms with Crippen LogP contribution in [0.25, 0.3) is 0 Å². The standard InChI is InChI=1S/C14H19NO3/c1-9(7-10-3-4-10)15-14(17)12-8-11(18-2)5-6-13(12)16/h5-6,8-10,16H,3-4,7H2,1-2H3,(H,15,17). The Bertz CT molecular complexity index is 441. The number of benzene rings is 1. The number of hydrogen-bond donors (Lipinski definition) is 2. The van der Waals surface area contributed by atoms with Crippen LogP contribution < -0.4 is 10.1 Å². The summed E-state index contributed by atoms with van der Waals surface area (Å²) >= 11 is 0. The van der Waals surface area contributed by atoms with E-state index >= 15 is 0 Å². The van der Waals surface area contributed by atoms with Crippen molar-refractivity contribution in [3.8, 4) is 11.5 Å². The van der Waals surface area contributed by atoms with Gasteiger partial charge in [-0.05, 0) is 37.5 Å². The molecule has 0 aromatic heterocycles. The highest BCUT2D eigenvalue weighted by Gasteiger charge is 2.24. The van der Waals surface area contributed by atoms with Gasteiger partial charge in [-0.15, -0.1) is 0 Å². The molecule has 1 unspecified atom stereocenters. The number of rotatable bonds is 5. The molecule has 1 aliphatic rings. The summed E-state index contributed by atoms with van der Waals surface area (Å²) in [6.45, 7) is 1.99. The van der Waals surface area contributed by atoms with Gasteiger partial charge in [0.1, 0.15) is 11.5 Å². The number of hydrogen-bond acceptors (Lipinski definition) is 3. The summed E-state index contributed by atoms with van der Waals surface area (Å²) in [5.41, 5.74) is 0.261. The molecule has 0 spiro atoms. The Hall–Kier alpha value is -1.71. The second-order valence-corrected chi connectivity index (χ2v) is 4.94. The van der Waals surface area contributed by atoms with Gasteiger partial charge in [-0.3, -0.25) is 4.79 Å². The van der Waals surface area contributed by atoms with E-state index in [1.807, 2.05) is 6.92 Å². The van der Waals surface area contributed by atoms with Gasteiger partial charge in [0.05, 0.1) is 12.7 Å². The first-order chi connectivity index (χ1) is 8.60. The highest BCUT2D eigenvalue weighted by atomic mass is 16.5. The van der Waals surface area contributed by atoms with Gasteiger partial charge in [0.15, 0.2) is 0 Å². The quantitative estimate of drug-likeness (QED) is 0.842. The lowest BCUT2D eigenvalue weighted by atomic mass is 10.1. The van der Waals surface area contributed by atoms with Gasteiger partial charge in [0, 0.05) is 6.04 Å². The highest BCUT2D eigenvalue weighted by Crippen LogP contribution is 2.33. The smallest absolute Gasteiger partial charge is 0.255 e. The normalized spacial score (nSPS) is 16.1. The van der Waals surface area contributed by atoms with Crippen LogP contribution in [0, 0.1) is 5.92 Å². The van der Waals surface area contributed by atoms with E-state index in [0.29, 0.717) is 5.75 Å². The van der Waals surface area contributed by atoms with Gasteiger partial charge in [0.25, 0.3) is 5.91 Å². The molecule has 0 radical (unpaired) electrons. The van der Waals surface area contributed by atoms with E-state index in [4.69, 9.17) is 4.74 Å². The number of nitrogens with one attached hydrogen (secondary N) is 1. The summed E-state index contributed by atoms with van der Waals surface area (Å²) in [6, 6.07) is 4.78. The minimum Gasteiger partial charge on any atom is -0.507 e. The monoisotopic (exact) mass is 249 g/mol. The Kier molecular flexibility index (Phi) is 3.75. The molecule has 4 nitrogen and oxygen atoms in total. The van der Waals surface area contributed by atoms with Gasteiger partial charge in [-0.25, -0.2) is 0 Å². The largest absolute Gasteiger partial charge is 0.507 e. The fraction of sp³-hybridized carbons (Fsp3) is 0.500. The maximum Gasteiger partial charge on any atom is 0.255 e. The molecule has 2 rings (SSSR count). The van der Waals surface area contributed by atoms with Crippen molar-refractivity contribution in [3.63, 3.8) is 0 Å². The number of phenolic OH excluding ortho intramolecular Hbond substituents is 1. The molecule has 1 aromatic carbocycles. The Morgan fingerprint density at radius 1 is 1.56 bits per heavy atom. The first-order valence-corrected chi connectivity index (χ1v) is 6.28. The third-order valence-corrected chi connectivity index (χ3v) is 3.21. The zero-order valence-corrected chi connectivity index (χ0v) is 10.8. The van der Waals surface area contributed by atoms with Gasteiger partial charge in [-0.1, -0.05) is 12.8 Å². The molecule has 0 bridgehead atoms. The van der Waals surface area contributed by atoms with Crippen molar-refractivity contribution >= 4 is 5.91 Å². The summed E-state index contributed by atoms with van der Waals surface area (Å²) < 4.78 is 5.05. The maximum absolute atomic E-state index is 12.0. The van der Waals surface area contributed by atoms with Crippen LogP contribution in [0.1, 0.15) is 36.5 Å². The summed E-state index contributed by atoms with van der Waals surface area (Å²) in [4.78, 5) is 12.0. The van der Waals surface area contributed by atoms with Crippen molar-refractivity contribution in [2.24, 2.45) is 5.92 Å².